The van der Waals surface area contributed by atoms with Gasteiger partial charge in [0, 0.05) is 0 Å². The van der Waals surface area contributed by atoms with Crippen LogP contribution in [-0.4, -0.2) is 8.42 Å². The largest absolute Gasteiger partial charge is 0.461 e. The van der Waals surface area contributed by atoms with Crippen LogP contribution in [0.3, 0.4) is 0 Å². The van der Waals surface area contributed by atoms with Gasteiger partial charge >= 0.3 is 6.18 Å². The van der Waals surface area contributed by atoms with Crippen LogP contribution in [0.4, 0.5) is 13.2 Å². The Labute approximate surface area is 147 Å². The third kappa shape index (κ3) is 4.55. The monoisotopic (exact) mass is 385 g/mol. The minimum atomic E-state index is -4.46. The van der Waals surface area contributed by atoms with Crippen molar-refractivity contribution in [3.8, 4) is 11.5 Å². The Hall–Kier alpha value is -2.52. The summed E-state index contributed by atoms with van der Waals surface area (Å²) >= 11 is 0. The Kier molecular flexibility index (Phi) is 4.92. The first-order chi connectivity index (χ1) is 12.2. The quantitative estimate of drug-likeness (QED) is 0.691. The molecular weight excluding hydrogens is 371 g/mol. The molecule has 3 aromatic rings. The molecule has 0 spiro atoms. The fourth-order valence-corrected chi connectivity index (χ4v) is 3.36. The SMILES string of the molecule is O=S(=O)(Cc1ccc(C(F)(F)F)cc1)NCc1ccc(-c2ccco2)o1. The zero-order chi connectivity index (χ0) is 18.8. The van der Waals surface area contributed by atoms with Crippen LogP contribution in [-0.2, 0) is 28.5 Å². The molecule has 1 aromatic carbocycles. The second kappa shape index (κ2) is 7.00. The van der Waals surface area contributed by atoms with E-state index in [1.165, 1.54) is 6.26 Å². The van der Waals surface area contributed by atoms with Gasteiger partial charge < -0.3 is 8.83 Å². The molecule has 0 radical (unpaired) electrons. The summed E-state index contributed by atoms with van der Waals surface area (Å²) in [6.45, 7) is -0.0797. The Morgan fingerprint density at radius 3 is 2.31 bits per heavy atom. The summed E-state index contributed by atoms with van der Waals surface area (Å²) in [6, 6.07) is 10.7. The first-order valence-corrected chi connectivity index (χ1v) is 9.14. The van der Waals surface area contributed by atoms with E-state index in [0.717, 1.165) is 24.3 Å². The standard InChI is InChI=1S/C17H14F3NO4S/c18-17(19,20)13-5-3-12(4-6-13)11-26(22,23)21-10-14-7-8-16(25-14)15-2-1-9-24-15/h1-9,21H,10-11H2. The summed E-state index contributed by atoms with van der Waals surface area (Å²) in [4.78, 5) is 0. The summed E-state index contributed by atoms with van der Waals surface area (Å²) in [5.41, 5.74) is -0.575. The number of hydrogen-bond donors (Lipinski definition) is 1. The van der Waals surface area contributed by atoms with Crippen molar-refractivity contribution < 1.29 is 30.4 Å². The van der Waals surface area contributed by atoms with Crippen molar-refractivity contribution in [1.82, 2.24) is 4.72 Å². The molecule has 0 aliphatic rings. The van der Waals surface area contributed by atoms with Crippen LogP contribution in [0.25, 0.3) is 11.5 Å². The van der Waals surface area contributed by atoms with Gasteiger partial charge in [0.25, 0.3) is 0 Å². The van der Waals surface area contributed by atoms with Crippen molar-refractivity contribution in [3.05, 3.63) is 71.7 Å². The van der Waals surface area contributed by atoms with E-state index in [9.17, 15) is 21.6 Å². The lowest BCUT2D eigenvalue weighted by molar-refractivity contribution is -0.137. The molecule has 0 atom stereocenters. The second-order valence-corrected chi connectivity index (χ2v) is 7.32. The average molecular weight is 385 g/mol. The Balaban J connectivity index is 1.61. The number of furan rings is 2. The van der Waals surface area contributed by atoms with Crippen molar-refractivity contribution in [2.24, 2.45) is 0 Å². The average Bonchev–Trinajstić information content (AvgIpc) is 3.24. The minimum absolute atomic E-state index is 0.0797. The van der Waals surface area contributed by atoms with Crippen LogP contribution >= 0.6 is 0 Å². The lowest BCUT2D eigenvalue weighted by Crippen LogP contribution is -2.24. The molecule has 26 heavy (non-hydrogen) atoms. The topological polar surface area (TPSA) is 72.5 Å². The third-order valence-electron chi connectivity index (χ3n) is 3.53. The van der Waals surface area contributed by atoms with Gasteiger partial charge in [-0.05, 0) is 42.0 Å². The fourth-order valence-electron chi connectivity index (χ4n) is 2.27. The number of nitrogens with one attached hydrogen (secondary N) is 1. The summed E-state index contributed by atoms with van der Waals surface area (Å²) in [7, 11) is -3.74. The molecule has 9 heteroatoms. The molecule has 2 aromatic heterocycles. The van der Waals surface area contributed by atoms with E-state index < -0.39 is 27.5 Å². The van der Waals surface area contributed by atoms with Crippen LogP contribution in [0, 0.1) is 0 Å². The van der Waals surface area contributed by atoms with Crippen molar-refractivity contribution in [1.29, 1.82) is 0 Å². The van der Waals surface area contributed by atoms with Crippen LogP contribution in [0.2, 0.25) is 0 Å². The molecule has 0 saturated carbocycles. The lowest BCUT2D eigenvalue weighted by Gasteiger charge is -2.08. The maximum Gasteiger partial charge on any atom is 0.416 e. The zero-order valence-corrected chi connectivity index (χ0v) is 14.1. The highest BCUT2D eigenvalue weighted by Crippen LogP contribution is 2.29. The zero-order valence-electron chi connectivity index (χ0n) is 13.3. The van der Waals surface area contributed by atoms with E-state index in [1.54, 1.807) is 24.3 Å². The summed E-state index contributed by atoms with van der Waals surface area (Å²) in [5, 5.41) is 0. The van der Waals surface area contributed by atoms with E-state index >= 15 is 0 Å². The van der Waals surface area contributed by atoms with Crippen molar-refractivity contribution in [2.75, 3.05) is 0 Å². The molecule has 2 heterocycles. The Morgan fingerprint density at radius 1 is 0.962 bits per heavy atom. The normalized spacial score (nSPS) is 12.4. The van der Waals surface area contributed by atoms with E-state index in [4.69, 9.17) is 8.83 Å². The van der Waals surface area contributed by atoms with Crippen LogP contribution in [0.1, 0.15) is 16.9 Å². The van der Waals surface area contributed by atoms with Gasteiger partial charge in [-0.25, -0.2) is 13.1 Å². The van der Waals surface area contributed by atoms with Gasteiger partial charge in [-0.2, -0.15) is 13.2 Å². The summed E-state index contributed by atoms with van der Waals surface area (Å²) in [6.07, 6.45) is -2.97. The number of sulfonamides is 1. The fraction of sp³-hybridized carbons (Fsp3) is 0.176. The highest BCUT2D eigenvalue weighted by atomic mass is 32.2. The first kappa shape index (κ1) is 18.3. The van der Waals surface area contributed by atoms with Gasteiger partial charge in [-0.15, -0.1) is 0 Å². The number of benzene rings is 1. The molecule has 0 bridgehead atoms. The maximum absolute atomic E-state index is 12.5. The molecular formula is C17H14F3NO4S. The van der Waals surface area contributed by atoms with Crippen LogP contribution in [0.15, 0.2) is 63.6 Å². The van der Waals surface area contributed by atoms with Gasteiger partial charge in [0.1, 0.15) is 5.76 Å². The van der Waals surface area contributed by atoms with Gasteiger partial charge in [0.05, 0.1) is 24.1 Å². The van der Waals surface area contributed by atoms with Gasteiger partial charge in [0.2, 0.25) is 10.0 Å². The van der Waals surface area contributed by atoms with Crippen molar-refractivity contribution in [3.63, 3.8) is 0 Å². The van der Waals surface area contributed by atoms with Crippen LogP contribution < -0.4 is 4.72 Å². The van der Waals surface area contributed by atoms with E-state index in [0.29, 0.717) is 17.3 Å². The number of alkyl halides is 3. The first-order valence-electron chi connectivity index (χ1n) is 7.49. The smallest absolute Gasteiger partial charge is 0.416 e. The lowest BCUT2D eigenvalue weighted by atomic mass is 10.1. The highest BCUT2D eigenvalue weighted by Gasteiger charge is 2.30. The molecule has 138 valence electrons. The summed E-state index contributed by atoms with van der Waals surface area (Å²) < 4.78 is 74.8. The number of hydrogen-bond acceptors (Lipinski definition) is 4. The molecule has 0 unspecified atom stereocenters. The predicted molar refractivity (Wildman–Crippen MR) is 87.3 cm³/mol. The third-order valence-corrected chi connectivity index (χ3v) is 4.83. The molecule has 0 aliphatic carbocycles. The molecule has 3 rings (SSSR count). The van der Waals surface area contributed by atoms with E-state index in [1.807, 2.05) is 0 Å². The van der Waals surface area contributed by atoms with Crippen molar-refractivity contribution in [2.45, 2.75) is 18.5 Å². The van der Waals surface area contributed by atoms with E-state index in [2.05, 4.69) is 4.72 Å². The molecule has 0 aliphatic heterocycles. The molecule has 0 saturated heterocycles. The maximum atomic E-state index is 12.5. The predicted octanol–water partition coefficient (Wildman–Crippen LogP) is 4.18. The van der Waals surface area contributed by atoms with Crippen molar-refractivity contribution >= 4 is 10.0 Å². The summed E-state index contributed by atoms with van der Waals surface area (Å²) in [5.74, 6) is 0.930. The minimum Gasteiger partial charge on any atom is -0.461 e. The van der Waals surface area contributed by atoms with Gasteiger partial charge in [-0.3, -0.25) is 0 Å². The molecule has 0 amide bonds. The van der Waals surface area contributed by atoms with Gasteiger partial charge in [-0.1, -0.05) is 12.1 Å². The van der Waals surface area contributed by atoms with Gasteiger partial charge in [0.15, 0.2) is 11.5 Å². The highest BCUT2D eigenvalue weighted by molar-refractivity contribution is 7.88. The molecule has 5 nitrogen and oxygen atoms in total. The Morgan fingerprint density at radius 2 is 1.69 bits per heavy atom. The number of halogens is 3. The Bertz CT molecular complexity index is 958. The molecule has 0 fully saturated rings. The van der Waals surface area contributed by atoms with E-state index in [-0.39, 0.29) is 12.1 Å². The van der Waals surface area contributed by atoms with Crippen LogP contribution in [0.5, 0.6) is 0 Å². The number of rotatable bonds is 6. The molecule has 1 N–H and O–H groups in total. The second-order valence-electron chi connectivity index (χ2n) is 5.52.